The van der Waals surface area contributed by atoms with Gasteiger partial charge in [-0.15, -0.1) is 0 Å². The van der Waals surface area contributed by atoms with E-state index in [0.29, 0.717) is 0 Å². The maximum atomic E-state index is 9.50. The Hall–Kier alpha value is -1.30. The minimum absolute atomic E-state index is 0.101. The van der Waals surface area contributed by atoms with Crippen molar-refractivity contribution < 1.29 is 0 Å². The average Bonchev–Trinajstić information content (AvgIpc) is 2.79. The quantitative estimate of drug-likeness (QED) is 0.743. The third kappa shape index (κ3) is 2.22. The summed E-state index contributed by atoms with van der Waals surface area (Å²) in [7, 11) is 0. The van der Waals surface area contributed by atoms with Crippen LogP contribution in [0.2, 0.25) is 0 Å². The number of rotatable bonds is 1. The molecule has 0 aromatic carbocycles. The number of nitriles is 1. The molecule has 0 spiro atoms. The first-order valence-corrected chi connectivity index (χ1v) is 6.45. The van der Waals surface area contributed by atoms with Gasteiger partial charge in [0.25, 0.3) is 0 Å². The molecule has 1 aromatic rings. The molecule has 0 N–H and O–H groups in total. The molecule has 1 heterocycles. The van der Waals surface area contributed by atoms with Gasteiger partial charge in [0.15, 0.2) is 0 Å². The molecule has 1 aromatic heterocycles. The first-order chi connectivity index (χ1) is 7.98. The predicted molar refractivity (Wildman–Crippen MR) is 67.6 cm³/mol. The fourth-order valence-corrected chi connectivity index (χ4v) is 2.47. The van der Waals surface area contributed by atoms with Gasteiger partial charge < -0.3 is 0 Å². The Labute approximate surface area is 103 Å². The van der Waals surface area contributed by atoms with Crippen LogP contribution in [0.3, 0.4) is 0 Å². The van der Waals surface area contributed by atoms with E-state index in [-0.39, 0.29) is 11.0 Å². The van der Waals surface area contributed by atoms with Crippen molar-refractivity contribution in [3.05, 3.63) is 18.0 Å². The predicted octanol–water partition coefficient (Wildman–Crippen LogP) is 3.36. The number of nitrogens with zero attached hydrogens (tertiary/aromatic N) is 3. The Morgan fingerprint density at radius 3 is 2.41 bits per heavy atom. The fraction of sp³-hybridized carbons (Fsp3) is 0.714. The molecular formula is C14H21N3. The second-order valence-electron chi connectivity index (χ2n) is 6.13. The zero-order valence-electron chi connectivity index (χ0n) is 11.0. The van der Waals surface area contributed by atoms with Crippen molar-refractivity contribution in [2.45, 2.75) is 63.8 Å². The summed E-state index contributed by atoms with van der Waals surface area (Å²) in [6.07, 6.45) is 9.37. The van der Waals surface area contributed by atoms with E-state index in [1.54, 1.807) is 0 Å². The largest absolute Gasteiger partial charge is 0.252 e. The second-order valence-corrected chi connectivity index (χ2v) is 6.13. The van der Waals surface area contributed by atoms with Crippen LogP contribution in [0.1, 0.15) is 58.4 Å². The molecule has 2 rings (SSSR count). The lowest BCUT2D eigenvalue weighted by Gasteiger charge is -2.31. The van der Waals surface area contributed by atoms with E-state index in [1.165, 1.54) is 12.0 Å². The molecular weight excluding hydrogens is 210 g/mol. The summed E-state index contributed by atoms with van der Waals surface area (Å²) in [4.78, 5) is 0. The van der Waals surface area contributed by atoms with E-state index in [2.05, 4.69) is 38.1 Å². The first kappa shape index (κ1) is 12.2. The number of aromatic nitrogens is 2. The Morgan fingerprint density at radius 2 is 1.94 bits per heavy atom. The van der Waals surface area contributed by atoms with E-state index < -0.39 is 0 Å². The zero-order chi connectivity index (χ0) is 12.5. The van der Waals surface area contributed by atoms with Crippen LogP contribution < -0.4 is 0 Å². The van der Waals surface area contributed by atoms with Crippen molar-refractivity contribution in [1.29, 1.82) is 5.26 Å². The monoisotopic (exact) mass is 231 g/mol. The van der Waals surface area contributed by atoms with Crippen LogP contribution in [0.4, 0.5) is 0 Å². The van der Waals surface area contributed by atoms with E-state index in [0.717, 1.165) is 25.7 Å². The van der Waals surface area contributed by atoms with E-state index >= 15 is 0 Å². The molecule has 0 unspecified atom stereocenters. The molecule has 17 heavy (non-hydrogen) atoms. The van der Waals surface area contributed by atoms with E-state index in [4.69, 9.17) is 0 Å². The summed E-state index contributed by atoms with van der Waals surface area (Å²) in [6, 6.07) is 2.50. The van der Waals surface area contributed by atoms with Gasteiger partial charge in [-0.2, -0.15) is 10.4 Å². The Kier molecular flexibility index (Phi) is 2.99. The molecule has 1 fully saturated rings. The minimum atomic E-state index is -0.387. The van der Waals surface area contributed by atoms with Crippen molar-refractivity contribution in [3.63, 3.8) is 0 Å². The number of hydrogen-bond donors (Lipinski definition) is 0. The zero-order valence-corrected chi connectivity index (χ0v) is 11.0. The fourth-order valence-electron chi connectivity index (χ4n) is 2.47. The molecule has 0 bridgehead atoms. The molecule has 3 nitrogen and oxygen atoms in total. The highest BCUT2D eigenvalue weighted by atomic mass is 15.3. The van der Waals surface area contributed by atoms with Gasteiger partial charge in [0.1, 0.15) is 5.54 Å². The van der Waals surface area contributed by atoms with Crippen LogP contribution in [0.5, 0.6) is 0 Å². The van der Waals surface area contributed by atoms with E-state index in [9.17, 15) is 5.26 Å². The summed E-state index contributed by atoms with van der Waals surface area (Å²) in [5.41, 5.74) is 0.920. The van der Waals surface area contributed by atoms with Gasteiger partial charge in [-0.3, -0.25) is 4.68 Å². The van der Waals surface area contributed by atoms with Gasteiger partial charge in [-0.25, -0.2) is 0 Å². The normalized spacial score (nSPS) is 19.9. The Bertz CT molecular complexity index is 425. The van der Waals surface area contributed by atoms with Crippen LogP contribution >= 0.6 is 0 Å². The molecule has 0 saturated heterocycles. The third-order valence-electron chi connectivity index (χ3n) is 3.78. The summed E-state index contributed by atoms with van der Waals surface area (Å²) in [6.45, 7) is 6.52. The molecule has 3 heteroatoms. The third-order valence-corrected chi connectivity index (χ3v) is 3.78. The lowest BCUT2D eigenvalue weighted by molar-refractivity contribution is 0.244. The van der Waals surface area contributed by atoms with Gasteiger partial charge in [-0.1, -0.05) is 27.2 Å². The summed E-state index contributed by atoms with van der Waals surface area (Å²) >= 11 is 0. The second kappa shape index (κ2) is 4.18. The topological polar surface area (TPSA) is 41.6 Å². The van der Waals surface area contributed by atoms with Gasteiger partial charge in [0.05, 0.1) is 12.3 Å². The molecule has 0 atom stereocenters. The Balaban J connectivity index is 2.33. The number of hydrogen-bond acceptors (Lipinski definition) is 2. The van der Waals surface area contributed by atoms with Crippen molar-refractivity contribution in [2.75, 3.05) is 0 Å². The Morgan fingerprint density at radius 1 is 1.29 bits per heavy atom. The molecule has 0 amide bonds. The molecule has 0 radical (unpaired) electrons. The van der Waals surface area contributed by atoms with Crippen molar-refractivity contribution in [1.82, 2.24) is 9.78 Å². The lowest BCUT2D eigenvalue weighted by Crippen LogP contribution is -2.34. The van der Waals surface area contributed by atoms with Crippen LogP contribution in [0, 0.1) is 11.3 Å². The summed E-state index contributed by atoms with van der Waals surface area (Å²) < 4.78 is 1.91. The standard InChI is InChI=1S/C14H21N3/c1-13(2,3)12-9-16-17(10-12)14(11-15)7-5-4-6-8-14/h9-10H,4-8H2,1-3H3. The lowest BCUT2D eigenvalue weighted by atomic mass is 9.83. The van der Waals surface area contributed by atoms with Gasteiger partial charge in [0.2, 0.25) is 0 Å². The highest BCUT2D eigenvalue weighted by Crippen LogP contribution is 2.35. The van der Waals surface area contributed by atoms with Gasteiger partial charge in [0, 0.05) is 6.20 Å². The minimum Gasteiger partial charge on any atom is -0.252 e. The van der Waals surface area contributed by atoms with Crippen LogP contribution in [0.15, 0.2) is 12.4 Å². The van der Waals surface area contributed by atoms with Crippen LogP contribution in [0.25, 0.3) is 0 Å². The SMILES string of the molecule is CC(C)(C)c1cnn(C2(C#N)CCCCC2)c1. The van der Waals surface area contributed by atoms with Crippen LogP contribution in [-0.4, -0.2) is 9.78 Å². The summed E-state index contributed by atoms with van der Waals surface area (Å²) in [5.74, 6) is 0. The average molecular weight is 231 g/mol. The van der Waals surface area contributed by atoms with E-state index in [1.807, 2.05) is 10.9 Å². The first-order valence-electron chi connectivity index (χ1n) is 6.45. The molecule has 1 aliphatic rings. The molecule has 92 valence electrons. The molecule has 1 aliphatic carbocycles. The van der Waals surface area contributed by atoms with Crippen molar-refractivity contribution in [3.8, 4) is 6.07 Å². The summed E-state index contributed by atoms with van der Waals surface area (Å²) in [5, 5.41) is 13.9. The molecule has 0 aliphatic heterocycles. The van der Waals surface area contributed by atoms with Gasteiger partial charge in [-0.05, 0) is 36.7 Å². The molecule has 1 saturated carbocycles. The van der Waals surface area contributed by atoms with Crippen molar-refractivity contribution >= 4 is 0 Å². The maximum Gasteiger partial charge on any atom is 0.148 e. The smallest absolute Gasteiger partial charge is 0.148 e. The van der Waals surface area contributed by atoms with Crippen LogP contribution in [-0.2, 0) is 11.0 Å². The highest BCUT2D eigenvalue weighted by Gasteiger charge is 2.35. The van der Waals surface area contributed by atoms with Gasteiger partial charge >= 0.3 is 0 Å². The van der Waals surface area contributed by atoms with Crippen molar-refractivity contribution in [2.24, 2.45) is 0 Å². The maximum absolute atomic E-state index is 9.50. The highest BCUT2D eigenvalue weighted by molar-refractivity contribution is 5.18.